The minimum atomic E-state index is -2.03. The monoisotopic (exact) mass is 848 g/mol. The second-order valence-corrected chi connectivity index (χ2v) is 16.8. The molecule has 3 heterocycles. The molecule has 14 nitrogen and oxygen atoms in total. The van der Waals surface area contributed by atoms with Crippen molar-refractivity contribution in [1.82, 2.24) is 4.98 Å². The van der Waals surface area contributed by atoms with E-state index in [1.54, 1.807) is 52.0 Å². The zero-order chi connectivity index (χ0) is 43.2. The van der Waals surface area contributed by atoms with Crippen LogP contribution in [0.2, 0.25) is 0 Å². The van der Waals surface area contributed by atoms with Gasteiger partial charge < -0.3 is 44.0 Å². The highest BCUT2D eigenvalue weighted by Crippen LogP contribution is 2.49. The molecular weight excluding hydrogens is 800 g/mol. The van der Waals surface area contributed by atoms with Crippen molar-refractivity contribution in [3.05, 3.63) is 75.7 Å². The molecule has 4 aromatic rings. The first kappa shape index (κ1) is 43.8. The molecule has 4 bridgehead atoms. The number of phenols is 1. The van der Waals surface area contributed by atoms with Crippen LogP contribution >= 0.6 is 19.8 Å². The number of amides is 1. The van der Waals surface area contributed by atoms with Crippen molar-refractivity contribution in [3.8, 4) is 11.5 Å². The fraction of sp³-hybridized carbons (Fsp3) is 0.419. The van der Waals surface area contributed by atoms with E-state index in [0.717, 1.165) is 0 Å². The summed E-state index contributed by atoms with van der Waals surface area (Å²) < 4.78 is 30.1. The Morgan fingerprint density at radius 2 is 1.71 bits per heavy atom. The molecule has 0 radical (unpaired) electrons. The average Bonchev–Trinajstić information content (AvgIpc) is 3.47. The lowest BCUT2D eigenvalue weighted by Gasteiger charge is -2.38. The van der Waals surface area contributed by atoms with Gasteiger partial charge in [-0.15, -0.1) is 11.4 Å². The number of benzene rings is 3. The van der Waals surface area contributed by atoms with Crippen LogP contribution < -0.4 is 15.5 Å². The number of Topliss-reactive ketones (excluding diaryl/α,β-unsaturated/α-hetero) is 1. The first-order chi connectivity index (χ1) is 27.9. The minimum absolute atomic E-state index is 0.000409. The summed E-state index contributed by atoms with van der Waals surface area (Å²) in [5.41, 5.74) is -0.220. The number of aromatic nitrogens is 1. The van der Waals surface area contributed by atoms with Crippen molar-refractivity contribution >= 4 is 76.1 Å². The van der Waals surface area contributed by atoms with E-state index in [1.165, 1.54) is 64.6 Å². The molecule has 10 atom stereocenters. The van der Waals surface area contributed by atoms with Gasteiger partial charge in [0.25, 0.3) is 11.7 Å². The lowest BCUT2D eigenvalue weighted by Crippen LogP contribution is -2.46. The van der Waals surface area contributed by atoms with E-state index in [2.05, 4.69) is 13.8 Å². The second kappa shape index (κ2) is 17.1. The lowest BCUT2D eigenvalue weighted by atomic mass is 9.78. The predicted octanol–water partition coefficient (Wildman–Crippen LogP) is 6.88. The number of fused-ring (bicyclic) bond motifs is 2. The molecule has 4 N–H and O–H groups in total. The molecule has 6 rings (SSSR count). The van der Waals surface area contributed by atoms with E-state index in [0.29, 0.717) is 16.0 Å². The maximum atomic E-state index is 14.6. The molecule has 0 saturated carbocycles. The molecule has 2 aliphatic heterocycles. The number of allylic oxidation sites excluding steroid dienone is 2. The third-order valence-electron chi connectivity index (χ3n) is 11.5. The van der Waals surface area contributed by atoms with E-state index in [9.17, 15) is 34.5 Å². The van der Waals surface area contributed by atoms with E-state index >= 15 is 0 Å². The fourth-order valence-corrected chi connectivity index (χ4v) is 8.88. The summed E-state index contributed by atoms with van der Waals surface area (Å²) in [6.07, 6.45) is 3.65. The molecular formula is C43H49N2O12PS. The summed E-state index contributed by atoms with van der Waals surface area (Å²) in [7, 11) is 3.99. The van der Waals surface area contributed by atoms with Gasteiger partial charge in [0, 0.05) is 66.0 Å². The van der Waals surface area contributed by atoms with E-state index in [4.69, 9.17) is 28.3 Å². The normalized spacial score (nSPS) is 28.2. The summed E-state index contributed by atoms with van der Waals surface area (Å²) in [4.78, 5) is 60.7. The molecule has 0 fully saturated rings. The number of aliphatic hydroxyl groups excluding tert-OH is 2. The quantitative estimate of drug-likeness (QED) is 0.0546. The number of nitrogens with zero attached hydrogens (tertiary/aromatic N) is 1. The van der Waals surface area contributed by atoms with Crippen LogP contribution in [0.25, 0.3) is 33.0 Å². The fourth-order valence-electron chi connectivity index (χ4n) is 7.90. The van der Waals surface area contributed by atoms with Gasteiger partial charge in [-0.2, -0.15) is 0 Å². The zero-order valence-corrected chi connectivity index (χ0v) is 36.2. The maximum absolute atomic E-state index is 14.6. The Balaban J connectivity index is 1.60. The number of carbonyl (C=O) groups excluding carboxylic acids is 3. The molecule has 0 spiro atoms. The Labute approximate surface area is 347 Å². The van der Waals surface area contributed by atoms with Gasteiger partial charge in [0.1, 0.15) is 28.6 Å². The molecule has 3 aromatic carbocycles. The average molecular weight is 849 g/mol. The summed E-state index contributed by atoms with van der Waals surface area (Å²) in [5.74, 6) is -7.15. The number of methoxy groups -OCH3 is 1. The summed E-state index contributed by atoms with van der Waals surface area (Å²) in [5, 5.41) is 37.2. The molecule has 1 aromatic heterocycles. The van der Waals surface area contributed by atoms with Crippen LogP contribution in [-0.4, -0.2) is 75.3 Å². The van der Waals surface area contributed by atoms with Gasteiger partial charge in [-0.1, -0.05) is 60.4 Å². The standard InChI is InChI=1S/C43H49N2O12PS/c1-18-12-10-13-19(2)42(52)45-33-37(50)29-28(32-40(33)56-26-14-11-15-27(59-58)31(26)44-32)30-39(23(6)36(29)49)57-43(8,41(30)51)54-17-16-25(53-9)20(3)38(55-24(7)46)22(5)35(48)21(4)34(18)47/h10-18,20-22,25,34-35,38,47-48,50H,58H2,1-9H3,(H,45,52). The number of phenolic OH excluding ortho intramolecular Hbond substituents is 1. The van der Waals surface area contributed by atoms with Crippen LogP contribution in [0.4, 0.5) is 5.69 Å². The lowest BCUT2D eigenvalue weighted by molar-refractivity contribution is -0.160. The van der Waals surface area contributed by atoms with Crippen LogP contribution in [-0.2, 0) is 23.8 Å². The Morgan fingerprint density at radius 1 is 1.00 bits per heavy atom. The van der Waals surface area contributed by atoms with E-state index in [-0.39, 0.29) is 50.0 Å². The van der Waals surface area contributed by atoms with Crippen LogP contribution in [0, 0.1) is 30.6 Å². The maximum Gasteiger partial charge on any atom is 0.312 e. The predicted molar refractivity (Wildman–Crippen MR) is 227 cm³/mol. The van der Waals surface area contributed by atoms with Gasteiger partial charge in [-0.3, -0.25) is 19.2 Å². The van der Waals surface area contributed by atoms with Crippen LogP contribution in [0.1, 0.15) is 64.4 Å². The van der Waals surface area contributed by atoms with Crippen molar-refractivity contribution in [1.29, 1.82) is 0 Å². The number of hydrogen-bond acceptors (Lipinski definition) is 14. The van der Waals surface area contributed by atoms with Gasteiger partial charge in [0.2, 0.25) is 0 Å². The molecule has 0 saturated heterocycles. The Hall–Kier alpha value is -4.79. The number of carbonyl (C=O) groups is 3. The van der Waals surface area contributed by atoms with Gasteiger partial charge in [0.15, 0.2) is 22.3 Å². The number of esters is 1. The van der Waals surface area contributed by atoms with Crippen LogP contribution in [0.5, 0.6) is 11.5 Å². The van der Waals surface area contributed by atoms with E-state index < -0.39 is 82.7 Å². The third kappa shape index (κ3) is 7.86. The molecule has 1 amide bonds. The zero-order valence-electron chi connectivity index (χ0n) is 34.2. The number of hydrogen-bond donors (Lipinski definition) is 4. The third-order valence-corrected chi connectivity index (χ3v) is 12.8. The molecule has 10 unspecified atom stereocenters. The number of nitrogens with one attached hydrogen (secondary N) is 1. The van der Waals surface area contributed by atoms with Gasteiger partial charge in [-0.25, -0.2) is 4.98 Å². The second-order valence-electron chi connectivity index (χ2n) is 15.4. The SMILES string of the molecule is COC1C=COC2(C)Oc3c(C)c(=O)c4c(O)c(c5oc6cccc(SP)c6nc5c4c3C2=O)NC(=O)C(C)=CC=CC(C)C(O)C(C)C(O)C(C)C(OC(C)=O)C1C. The Kier molecular flexibility index (Phi) is 12.7. The first-order valence-corrected chi connectivity index (χ1v) is 21.4. The molecule has 59 heavy (non-hydrogen) atoms. The van der Waals surface area contributed by atoms with Crippen molar-refractivity contribution in [2.45, 2.75) is 90.5 Å². The Morgan fingerprint density at radius 3 is 2.37 bits per heavy atom. The number of ether oxygens (including phenoxy) is 4. The number of anilines is 1. The topological polar surface area (TPSA) is 204 Å². The van der Waals surface area contributed by atoms with E-state index in [1.807, 2.05) is 6.07 Å². The summed E-state index contributed by atoms with van der Waals surface area (Å²) >= 11 is 1.32. The molecule has 2 aliphatic rings. The molecule has 0 aliphatic carbocycles. The number of aromatic hydroxyl groups is 1. The smallest absolute Gasteiger partial charge is 0.312 e. The first-order valence-electron chi connectivity index (χ1n) is 19.1. The molecule has 314 valence electrons. The number of para-hydroxylation sites is 1. The number of aliphatic hydroxyl groups is 2. The van der Waals surface area contributed by atoms with Crippen LogP contribution in [0.15, 0.2) is 68.4 Å². The number of ketones is 1. The van der Waals surface area contributed by atoms with Gasteiger partial charge in [-0.05, 0) is 32.1 Å². The van der Waals surface area contributed by atoms with Crippen LogP contribution in [0.3, 0.4) is 0 Å². The summed E-state index contributed by atoms with van der Waals surface area (Å²) in [6.45, 7) is 12.6. The molecule has 16 heteroatoms. The van der Waals surface area contributed by atoms with Crippen molar-refractivity contribution < 1.29 is 53.1 Å². The Bertz CT molecular complexity index is 2520. The van der Waals surface area contributed by atoms with Crippen molar-refractivity contribution in [2.24, 2.45) is 23.7 Å². The van der Waals surface area contributed by atoms with Gasteiger partial charge >= 0.3 is 11.8 Å². The summed E-state index contributed by atoms with van der Waals surface area (Å²) in [6, 6.07) is 5.23. The van der Waals surface area contributed by atoms with Crippen molar-refractivity contribution in [2.75, 3.05) is 12.4 Å². The van der Waals surface area contributed by atoms with Crippen molar-refractivity contribution in [3.63, 3.8) is 0 Å². The highest BCUT2D eigenvalue weighted by Gasteiger charge is 2.49. The minimum Gasteiger partial charge on any atom is -0.505 e. The van der Waals surface area contributed by atoms with Gasteiger partial charge in [0.05, 0.1) is 35.5 Å². The highest BCUT2D eigenvalue weighted by molar-refractivity contribution is 8.44. The number of rotatable bonds is 3. The largest absolute Gasteiger partial charge is 0.505 e. The highest BCUT2D eigenvalue weighted by atomic mass is 32.7.